The Labute approximate surface area is 144 Å². The van der Waals surface area contributed by atoms with E-state index in [0.717, 1.165) is 24.1 Å². The molecule has 0 bridgehead atoms. The van der Waals surface area contributed by atoms with Crippen molar-refractivity contribution in [1.29, 1.82) is 0 Å². The molecule has 0 spiro atoms. The van der Waals surface area contributed by atoms with Crippen LogP contribution in [0.25, 0.3) is 11.1 Å². The van der Waals surface area contributed by atoms with Gasteiger partial charge in [0.2, 0.25) is 0 Å². The molecule has 2 heterocycles. The second kappa shape index (κ2) is 6.29. The lowest BCUT2D eigenvalue weighted by Gasteiger charge is -2.17. The Hall–Kier alpha value is -2.73. The van der Waals surface area contributed by atoms with Crippen LogP contribution in [0, 0.1) is 6.92 Å². The highest BCUT2D eigenvalue weighted by Gasteiger charge is 2.29. The number of nitrogens with one attached hydrogen (secondary N) is 1. The second-order valence-corrected chi connectivity index (χ2v) is 6.44. The van der Waals surface area contributed by atoms with Crippen molar-refractivity contribution >= 4 is 17.0 Å². The summed E-state index contributed by atoms with van der Waals surface area (Å²) < 4.78 is 5.28. The van der Waals surface area contributed by atoms with Gasteiger partial charge in [-0.25, -0.2) is 4.98 Å². The molecule has 2 aromatic heterocycles. The number of nitrogens with zero attached hydrogens (tertiary/aromatic N) is 2. The van der Waals surface area contributed by atoms with Crippen molar-refractivity contribution in [3.63, 3.8) is 0 Å². The zero-order valence-corrected chi connectivity index (χ0v) is 13.9. The second-order valence-electron chi connectivity index (χ2n) is 6.44. The average Bonchev–Trinajstić information content (AvgIpc) is 3.43. The number of benzene rings is 1. The van der Waals surface area contributed by atoms with E-state index >= 15 is 0 Å². The molecule has 0 radical (unpaired) electrons. The lowest BCUT2D eigenvalue weighted by atomic mass is 10.0. The van der Waals surface area contributed by atoms with Gasteiger partial charge in [0.1, 0.15) is 0 Å². The maximum Gasteiger partial charge on any atom is 0.259 e. The molecule has 1 fully saturated rings. The number of carbonyl (C=O) groups excluding carboxylic acids is 1. The molecular weight excluding hydrogens is 318 g/mol. The van der Waals surface area contributed by atoms with E-state index in [1.807, 2.05) is 36.4 Å². The molecule has 1 aromatic carbocycles. The normalized spacial score (nSPS) is 15.3. The number of amides is 1. The van der Waals surface area contributed by atoms with Crippen LogP contribution in [-0.4, -0.2) is 27.8 Å². The first-order valence-electron chi connectivity index (χ1n) is 8.41. The number of pyridine rings is 1. The van der Waals surface area contributed by atoms with E-state index in [0.29, 0.717) is 28.3 Å². The number of aryl methyl sites for hydroxylation is 1. The summed E-state index contributed by atoms with van der Waals surface area (Å²) in [5.74, 6) is 0.132. The highest BCUT2D eigenvalue weighted by Crippen LogP contribution is 2.40. The minimum absolute atomic E-state index is 0.178. The number of rotatable bonds is 5. The van der Waals surface area contributed by atoms with E-state index in [-0.39, 0.29) is 12.5 Å². The van der Waals surface area contributed by atoms with E-state index < -0.39 is 6.04 Å². The topological polar surface area (TPSA) is 88.2 Å². The van der Waals surface area contributed by atoms with Gasteiger partial charge in [0, 0.05) is 11.6 Å². The van der Waals surface area contributed by atoms with Crippen LogP contribution in [0.2, 0.25) is 0 Å². The minimum atomic E-state index is -0.471. The largest absolute Gasteiger partial charge is 0.394 e. The van der Waals surface area contributed by atoms with E-state index in [9.17, 15) is 9.90 Å². The standard InChI is InChI=1S/C19H19N3O3/c1-11-17-14(9-15(13-7-8-13)21-19(17)25-22-11)18(24)20-16(10-23)12-5-3-2-4-6-12/h2-6,9,13,16,23H,7-8,10H2,1H3,(H,20,24). The fourth-order valence-electron chi connectivity index (χ4n) is 3.04. The highest BCUT2D eigenvalue weighted by molar-refractivity contribution is 6.06. The van der Waals surface area contributed by atoms with Gasteiger partial charge in [-0.15, -0.1) is 0 Å². The molecule has 2 N–H and O–H groups in total. The number of fused-ring (bicyclic) bond motifs is 1. The number of aliphatic hydroxyl groups excluding tert-OH is 1. The molecule has 1 aliphatic carbocycles. The third-order valence-corrected chi connectivity index (χ3v) is 4.57. The molecule has 6 heteroatoms. The summed E-state index contributed by atoms with van der Waals surface area (Å²) in [6.07, 6.45) is 2.16. The number of aliphatic hydroxyl groups is 1. The molecule has 1 aliphatic rings. The Morgan fingerprint density at radius 1 is 1.36 bits per heavy atom. The maximum atomic E-state index is 12.9. The third kappa shape index (κ3) is 3.00. The summed E-state index contributed by atoms with van der Waals surface area (Å²) in [5, 5.41) is 17.2. The van der Waals surface area contributed by atoms with Gasteiger partial charge in [0.15, 0.2) is 0 Å². The van der Waals surface area contributed by atoms with Crippen LogP contribution in [0.4, 0.5) is 0 Å². The van der Waals surface area contributed by atoms with E-state index in [1.165, 1.54) is 0 Å². The minimum Gasteiger partial charge on any atom is -0.394 e. The van der Waals surface area contributed by atoms with Gasteiger partial charge in [0.25, 0.3) is 11.6 Å². The molecule has 3 aromatic rings. The first-order valence-corrected chi connectivity index (χ1v) is 8.41. The summed E-state index contributed by atoms with van der Waals surface area (Å²) >= 11 is 0. The molecule has 6 nitrogen and oxygen atoms in total. The van der Waals surface area contributed by atoms with Gasteiger partial charge in [-0.3, -0.25) is 4.79 Å². The lowest BCUT2D eigenvalue weighted by molar-refractivity contribution is 0.0917. The molecule has 4 rings (SSSR count). The van der Waals surface area contributed by atoms with E-state index in [2.05, 4.69) is 15.5 Å². The van der Waals surface area contributed by atoms with Crippen molar-refractivity contribution in [2.24, 2.45) is 0 Å². The van der Waals surface area contributed by atoms with Crippen molar-refractivity contribution in [1.82, 2.24) is 15.5 Å². The summed E-state index contributed by atoms with van der Waals surface area (Å²) in [6, 6.07) is 10.8. The third-order valence-electron chi connectivity index (χ3n) is 4.57. The van der Waals surface area contributed by atoms with Crippen LogP contribution in [0.1, 0.15) is 52.1 Å². The summed E-state index contributed by atoms with van der Waals surface area (Å²) in [6.45, 7) is 1.61. The Kier molecular flexibility index (Phi) is 3.97. The summed E-state index contributed by atoms with van der Waals surface area (Å²) in [5.41, 5.74) is 3.25. The van der Waals surface area contributed by atoms with Gasteiger partial charge < -0.3 is 14.9 Å². The first kappa shape index (κ1) is 15.8. The monoisotopic (exact) mass is 337 g/mol. The van der Waals surface area contributed by atoms with Crippen LogP contribution < -0.4 is 5.32 Å². The molecule has 1 atom stereocenters. The van der Waals surface area contributed by atoms with E-state index in [4.69, 9.17) is 4.52 Å². The van der Waals surface area contributed by atoms with Gasteiger partial charge in [-0.05, 0) is 31.4 Å². The summed E-state index contributed by atoms with van der Waals surface area (Å²) in [4.78, 5) is 17.4. The first-order chi connectivity index (χ1) is 12.2. The zero-order valence-electron chi connectivity index (χ0n) is 13.9. The maximum absolute atomic E-state index is 12.9. The van der Waals surface area contributed by atoms with Gasteiger partial charge in [0.05, 0.1) is 29.3 Å². The Balaban J connectivity index is 1.70. The Bertz CT molecular complexity index is 916. The number of aromatic nitrogens is 2. The molecule has 0 saturated heterocycles. The Morgan fingerprint density at radius 3 is 2.80 bits per heavy atom. The van der Waals surface area contributed by atoms with Crippen LogP contribution in [0.15, 0.2) is 40.9 Å². The van der Waals surface area contributed by atoms with Crippen LogP contribution in [0.3, 0.4) is 0 Å². The lowest BCUT2D eigenvalue weighted by Crippen LogP contribution is -2.31. The van der Waals surface area contributed by atoms with Crippen LogP contribution in [0.5, 0.6) is 0 Å². The molecule has 25 heavy (non-hydrogen) atoms. The van der Waals surface area contributed by atoms with Crippen molar-refractivity contribution in [2.45, 2.75) is 31.7 Å². The Morgan fingerprint density at radius 2 is 2.12 bits per heavy atom. The van der Waals surface area contributed by atoms with Crippen molar-refractivity contribution in [2.75, 3.05) is 6.61 Å². The predicted molar refractivity (Wildman–Crippen MR) is 92.3 cm³/mol. The molecular formula is C19H19N3O3. The SMILES string of the molecule is Cc1noc2nc(C3CC3)cc(C(=O)NC(CO)c3ccccc3)c12. The summed E-state index contributed by atoms with van der Waals surface area (Å²) in [7, 11) is 0. The molecule has 1 saturated carbocycles. The number of hydrogen-bond donors (Lipinski definition) is 2. The predicted octanol–water partition coefficient (Wildman–Crippen LogP) is 2.87. The zero-order chi connectivity index (χ0) is 17.4. The van der Waals surface area contributed by atoms with Gasteiger partial charge in [-0.2, -0.15) is 0 Å². The number of carbonyl (C=O) groups is 1. The van der Waals surface area contributed by atoms with Crippen molar-refractivity contribution in [3.8, 4) is 0 Å². The quantitative estimate of drug-likeness (QED) is 0.747. The average molecular weight is 337 g/mol. The highest BCUT2D eigenvalue weighted by atomic mass is 16.5. The fraction of sp³-hybridized carbons (Fsp3) is 0.316. The van der Waals surface area contributed by atoms with Crippen LogP contribution in [-0.2, 0) is 0 Å². The van der Waals surface area contributed by atoms with Gasteiger partial charge in [-0.1, -0.05) is 35.5 Å². The fourth-order valence-corrected chi connectivity index (χ4v) is 3.04. The number of hydrogen-bond acceptors (Lipinski definition) is 5. The van der Waals surface area contributed by atoms with Crippen LogP contribution >= 0.6 is 0 Å². The van der Waals surface area contributed by atoms with Crippen molar-refractivity contribution < 1.29 is 14.4 Å². The molecule has 0 aliphatic heterocycles. The van der Waals surface area contributed by atoms with E-state index in [1.54, 1.807) is 6.92 Å². The smallest absolute Gasteiger partial charge is 0.259 e. The molecule has 128 valence electrons. The molecule has 1 unspecified atom stereocenters. The molecule has 1 amide bonds. The van der Waals surface area contributed by atoms with Gasteiger partial charge >= 0.3 is 0 Å². The van der Waals surface area contributed by atoms with Crippen molar-refractivity contribution in [3.05, 3.63) is 58.9 Å².